The Balaban J connectivity index is 1.32. The molecular formula is C25H28N4O2S. The molecule has 2 heterocycles. The number of rotatable bonds is 8. The summed E-state index contributed by atoms with van der Waals surface area (Å²) >= 11 is 1.36. The maximum Gasteiger partial charge on any atom is 0.230 e. The number of benzene rings is 2. The number of amides is 1. The number of ether oxygens (including phenoxy) is 1. The maximum atomic E-state index is 12.5. The van der Waals surface area contributed by atoms with Gasteiger partial charge in [0.25, 0.3) is 0 Å². The lowest BCUT2D eigenvalue weighted by molar-refractivity contribution is -0.118. The van der Waals surface area contributed by atoms with Gasteiger partial charge in [-0.2, -0.15) is 0 Å². The normalized spacial score (nSPS) is 14.3. The monoisotopic (exact) mass is 448 g/mol. The first kappa shape index (κ1) is 22.5. The minimum absolute atomic E-state index is 0.0254. The smallest absolute Gasteiger partial charge is 0.230 e. The van der Waals surface area contributed by atoms with Crippen molar-refractivity contribution in [2.45, 2.75) is 25.2 Å². The van der Waals surface area contributed by atoms with Crippen LogP contribution in [0.25, 0.3) is 11.3 Å². The van der Waals surface area contributed by atoms with Gasteiger partial charge in [0, 0.05) is 37.4 Å². The molecule has 0 atom stereocenters. The summed E-state index contributed by atoms with van der Waals surface area (Å²) in [5.74, 6) is 0.256. The number of carbonyl (C=O) groups excluding carboxylic acids is 1. The molecule has 1 fully saturated rings. The molecular weight excluding hydrogens is 420 g/mol. The molecule has 6 nitrogen and oxygen atoms in total. The summed E-state index contributed by atoms with van der Waals surface area (Å²) in [7, 11) is 0. The third-order valence-corrected chi connectivity index (χ3v) is 6.17. The lowest BCUT2D eigenvalue weighted by atomic mass is 10.1. The molecule has 1 aliphatic heterocycles. The highest BCUT2D eigenvalue weighted by atomic mass is 32.2. The second kappa shape index (κ2) is 11.2. The van der Waals surface area contributed by atoms with Crippen LogP contribution in [-0.4, -0.2) is 52.8 Å². The van der Waals surface area contributed by atoms with Crippen molar-refractivity contribution in [3.8, 4) is 11.3 Å². The molecule has 0 unspecified atom stereocenters. The molecule has 32 heavy (non-hydrogen) atoms. The Bertz CT molecular complexity index is 1040. The van der Waals surface area contributed by atoms with E-state index < -0.39 is 0 Å². The van der Waals surface area contributed by atoms with Crippen molar-refractivity contribution in [1.82, 2.24) is 20.2 Å². The summed E-state index contributed by atoms with van der Waals surface area (Å²) < 4.78 is 5.44. The van der Waals surface area contributed by atoms with Gasteiger partial charge < -0.3 is 10.1 Å². The van der Waals surface area contributed by atoms with Gasteiger partial charge in [0.15, 0.2) is 5.16 Å². The van der Waals surface area contributed by atoms with Gasteiger partial charge in [-0.25, -0.2) is 9.97 Å². The van der Waals surface area contributed by atoms with E-state index in [2.05, 4.69) is 38.4 Å². The average Bonchev–Trinajstić information content (AvgIpc) is 2.83. The van der Waals surface area contributed by atoms with Gasteiger partial charge in [-0.1, -0.05) is 66.4 Å². The Morgan fingerprint density at radius 3 is 2.53 bits per heavy atom. The molecule has 1 aromatic heterocycles. The van der Waals surface area contributed by atoms with E-state index in [1.807, 2.05) is 49.4 Å². The Morgan fingerprint density at radius 1 is 1.03 bits per heavy atom. The lowest BCUT2D eigenvalue weighted by Crippen LogP contribution is -2.36. The second-order valence-corrected chi connectivity index (χ2v) is 8.71. The number of aryl methyl sites for hydroxylation is 1. The number of hydrogen-bond acceptors (Lipinski definition) is 6. The highest BCUT2D eigenvalue weighted by Gasteiger charge is 2.13. The largest absolute Gasteiger partial charge is 0.379 e. The highest BCUT2D eigenvalue weighted by Crippen LogP contribution is 2.21. The topological polar surface area (TPSA) is 67.4 Å². The molecule has 1 aliphatic rings. The van der Waals surface area contributed by atoms with E-state index in [9.17, 15) is 4.79 Å². The Kier molecular flexibility index (Phi) is 7.87. The predicted octanol–water partition coefficient (Wildman–Crippen LogP) is 3.69. The summed E-state index contributed by atoms with van der Waals surface area (Å²) in [6, 6.07) is 20.3. The molecule has 0 saturated carbocycles. The van der Waals surface area contributed by atoms with E-state index in [0.717, 1.165) is 55.4 Å². The van der Waals surface area contributed by atoms with Crippen LogP contribution in [0.5, 0.6) is 0 Å². The zero-order valence-electron chi connectivity index (χ0n) is 18.3. The van der Waals surface area contributed by atoms with Crippen LogP contribution in [0.3, 0.4) is 0 Å². The number of hydrogen-bond donors (Lipinski definition) is 1. The fourth-order valence-corrected chi connectivity index (χ4v) is 4.36. The van der Waals surface area contributed by atoms with Crippen molar-refractivity contribution in [2.75, 3.05) is 32.1 Å². The number of morpholine rings is 1. The molecule has 4 rings (SSSR count). The van der Waals surface area contributed by atoms with E-state index in [4.69, 9.17) is 4.74 Å². The first-order chi connectivity index (χ1) is 15.7. The highest BCUT2D eigenvalue weighted by molar-refractivity contribution is 7.99. The van der Waals surface area contributed by atoms with E-state index >= 15 is 0 Å². The molecule has 0 radical (unpaired) electrons. The van der Waals surface area contributed by atoms with Crippen molar-refractivity contribution in [3.63, 3.8) is 0 Å². The van der Waals surface area contributed by atoms with Gasteiger partial charge in [-0.05, 0) is 24.1 Å². The fourth-order valence-electron chi connectivity index (χ4n) is 3.62. The zero-order chi connectivity index (χ0) is 22.2. The summed E-state index contributed by atoms with van der Waals surface area (Å²) in [4.78, 5) is 24.0. The van der Waals surface area contributed by atoms with Crippen LogP contribution in [0.2, 0.25) is 0 Å². The minimum Gasteiger partial charge on any atom is -0.379 e. The van der Waals surface area contributed by atoms with E-state index in [1.165, 1.54) is 17.3 Å². The average molecular weight is 449 g/mol. The lowest BCUT2D eigenvalue weighted by Gasteiger charge is -2.27. The number of aromatic nitrogens is 2. The van der Waals surface area contributed by atoms with Gasteiger partial charge in [0.2, 0.25) is 5.91 Å². The third kappa shape index (κ3) is 6.38. The number of thioether (sulfide) groups is 1. The molecule has 0 spiro atoms. The molecule has 1 N–H and O–H groups in total. The third-order valence-electron chi connectivity index (χ3n) is 5.33. The van der Waals surface area contributed by atoms with Crippen molar-refractivity contribution >= 4 is 17.7 Å². The standard InChI is InChI=1S/C25H28N4O2S/c1-19-15-23(20-7-3-2-4-8-20)28-25(27-19)32-18-24(30)26-16-21-9-5-6-10-22(21)17-29-11-13-31-14-12-29/h2-10,15H,11-14,16-18H2,1H3,(H,26,30). The van der Waals surface area contributed by atoms with Crippen LogP contribution < -0.4 is 5.32 Å². The van der Waals surface area contributed by atoms with Crippen molar-refractivity contribution in [1.29, 1.82) is 0 Å². The van der Waals surface area contributed by atoms with Gasteiger partial charge in [-0.15, -0.1) is 0 Å². The van der Waals surface area contributed by atoms with Crippen molar-refractivity contribution < 1.29 is 9.53 Å². The number of carbonyl (C=O) groups is 1. The molecule has 0 aliphatic carbocycles. The van der Waals surface area contributed by atoms with E-state index in [-0.39, 0.29) is 11.7 Å². The van der Waals surface area contributed by atoms with Crippen LogP contribution in [0.1, 0.15) is 16.8 Å². The van der Waals surface area contributed by atoms with Crippen LogP contribution in [-0.2, 0) is 22.6 Å². The second-order valence-electron chi connectivity index (χ2n) is 7.77. The van der Waals surface area contributed by atoms with Crippen molar-refractivity contribution in [3.05, 3.63) is 77.5 Å². The fraction of sp³-hybridized carbons (Fsp3) is 0.320. The van der Waals surface area contributed by atoms with E-state index in [0.29, 0.717) is 11.7 Å². The summed E-state index contributed by atoms with van der Waals surface area (Å²) in [6.07, 6.45) is 0. The Hall–Kier alpha value is -2.74. The molecule has 2 aromatic carbocycles. The van der Waals surface area contributed by atoms with Crippen LogP contribution in [0, 0.1) is 6.92 Å². The molecule has 1 saturated heterocycles. The van der Waals surface area contributed by atoms with Gasteiger partial charge in [0.1, 0.15) is 0 Å². The van der Waals surface area contributed by atoms with Crippen LogP contribution in [0.15, 0.2) is 65.8 Å². The Labute approximate surface area is 193 Å². The number of nitrogens with one attached hydrogen (secondary N) is 1. The van der Waals surface area contributed by atoms with Gasteiger partial charge >= 0.3 is 0 Å². The summed E-state index contributed by atoms with van der Waals surface area (Å²) in [6.45, 7) is 6.79. The van der Waals surface area contributed by atoms with Crippen LogP contribution in [0.4, 0.5) is 0 Å². The van der Waals surface area contributed by atoms with E-state index in [1.54, 1.807) is 0 Å². The first-order valence-electron chi connectivity index (χ1n) is 10.8. The molecule has 1 amide bonds. The van der Waals surface area contributed by atoms with Crippen LogP contribution >= 0.6 is 11.8 Å². The minimum atomic E-state index is -0.0254. The SMILES string of the molecule is Cc1cc(-c2ccccc2)nc(SCC(=O)NCc2ccccc2CN2CCOCC2)n1. The first-order valence-corrected chi connectivity index (χ1v) is 11.8. The summed E-state index contributed by atoms with van der Waals surface area (Å²) in [5, 5.41) is 3.67. The molecule has 3 aromatic rings. The Morgan fingerprint density at radius 2 is 1.75 bits per heavy atom. The zero-order valence-corrected chi connectivity index (χ0v) is 19.1. The number of nitrogens with zero attached hydrogens (tertiary/aromatic N) is 3. The van der Waals surface area contributed by atoms with Gasteiger partial charge in [-0.3, -0.25) is 9.69 Å². The maximum absolute atomic E-state index is 12.5. The predicted molar refractivity (Wildman–Crippen MR) is 127 cm³/mol. The molecule has 0 bridgehead atoms. The van der Waals surface area contributed by atoms with Gasteiger partial charge in [0.05, 0.1) is 24.7 Å². The van der Waals surface area contributed by atoms with Crippen molar-refractivity contribution in [2.24, 2.45) is 0 Å². The molecule has 166 valence electrons. The summed E-state index contributed by atoms with van der Waals surface area (Å²) in [5.41, 5.74) is 5.20. The molecule has 7 heteroatoms. The quantitative estimate of drug-likeness (QED) is 0.419.